The van der Waals surface area contributed by atoms with Crippen LogP contribution in [0.25, 0.3) is 0 Å². The van der Waals surface area contributed by atoms with Gasteiger partial charge in [0.25, 0.3) is 0 Å². The molecule has 0 aliphatic carbocycles. The van der Waals surface area contributed by atoms with E-state index in [4.69, 9.17) is 21.3 Å². The Morgan fingerprint density at radius 2 is 2.17 bits per heavy atom. The van der Waals surface area contributed by atoms with Crippen molar-refractivity contribution < 1.29 is 9.05 Å². The van der Waals surface area contributed by atoms with Gasteiger partial charge in [-0.15, -0.1) is 0 Å². The molecule has 1 aliphatic heterocycles. The topological polar surface area (TPSA) is 30.5 Å². The summed E-state index contributed by atoms with van der Waals surface area (Å²) in [6.45, 7) is 7.15. The zero-order valence-electron chi connectivity index (χ0n) is 7.96. The quantitative estimate of drug-likeness (QED) is 0.527. The van der Waals surface area contributed by atoms with E-state index in [0.29, 0.717) is 12.6 Å². The Balaban J connectivity index is 2.57. The lowest BCUT2D eigenvalue weighted by molar-refractivity contribution is 0.238. The van der Waals surface area contributed by atoms with Crippen molar-refractivity contribution in [1.29, 1.82) is 0 Å². The van der Waals surface area contributed by atoms with Crippen molar-refractivity contribution in [2.24, 2.45) is 5.41 Å². The Bertz CT molecular complexity index is 173. The molecular weight excluding hydrogens is 193 g/mol. The van der Waals surface area contributed by atoms with Gasteiger partial charge < -0.3 is 12.2 Å². The van der Waals surface area contributed by atoms with Gasteiger partial charge in [-0.3, -0.25) is 0 Å². The van der Waals surface area contributed by atoms with Crippen LogP contribution >= 0.6 is 7.07 Å². The minimum absolute atomic E-state index is 0.180. The third-order valence-corrected chi connectivity index (χ3v) is 4.69. The predicted octanol–water partition coefficient (Wildman–Crippen LogP) is 1.89. The summed E-state index contributed by atoms with van der Waals surface area (Å²) in [4.78, 5) is 0. The highest BCUT2D eigenvalue weighted by Crippen LogP contribution is 2.59. The van der Waals surface area contributed by atoms with Crippen LogP contribution in [0.2, 0.25) is 0 Å². The van der Waals surface area contributed by atoms with Crippen molar-refractivity contribution in [3.8, 4) is 0 Å². The fourth-order valence-corrected chi connectivity index (χ4v) is 3.03. The number of rotatable bonds is 1. The number of hydrogen-bond acceptors (Lipinski definition) is 4. The normalized spacial score (nSPS) is 37.2. The highest BCUT2D eigenvalue weighted by molar-refractivity contribution is 8.37. The van der Waals surface area contributed by atoms with Gasteiger partial charge in [-0.2, -0.15) is 5.09 Å². The molecule has 1 unspecified atom stereocenters. The van der Waals surface area contributed by atoms with Crippen molar-refractivity contribution in [2.75, 3.05) is 13.7 Å². The summed E-state index contributed by atoms with van der Waals surface area (Å²) >= 11 is 5.17. The fourth-order valence-electron chi connectivity index (χ4n) is 0.987. The lowest BCUT2D eigenvalue weighted by Crippen LogP contribution is -2.36. The molecule has 12 heavy (non-hydrogen) atoms. The molecule has 0 bridgehead atoms. The summed E-state index contributed by atoms with van der Waals surface area (Å²) in [5.74, 6) is 0. The van der Waals surface area contributed by atoms with Crippen molar-refractivity contribution in [3.05, 3.63) is 0 Å². The molecule has 0 aromatic carbocycles. The van der Waals surface area contributed by atoms with Gasteiger partial charge in [0.2, 0.25) is 7.07 Å². The predicted molar refractivity (Wildman–Crippen MR) is 53.6 cm³/mol. The lowest BCUT2D eigenvalue weighted by Gasteiger charge is -2.26. The van der Waals surface area contributed by atoms with E-state index < -0.39 is 7.07 Å². The van der Waals surface area contributed by atoms with Gasteiger partial charge in [0, 0.05) is 0 Å². The molecule has 0 amide bonds. The molecule has 0 spiro atoms. The van der Waals surface area contributed by atoms with E-state index in [0.717, 1.165) is 0 Å². The van der Waals surface area contributed by atoms with E-state index in [1.54, 1.807) is 7.11 Å². The standard InChI is InChI=1S/C7H16NO2PS/c1-7(2,3)6-5-10-11(12,8-6)9-4/h6H,5H2,1-4H3,(H,8,12)/t6-,11?/m0/s1. The van der Waals surface area contributed by atoms with Crippen LogP contribution in [0.4, 0.5) is 0 Å². The summed E-state index contributed by atoms with van der Waals surface area (Å²) in [7, 11) is -0.524. The third kappa shape index (κ3) is 2.33. The van der Waals surface area contributed by atoms with Crippen molar-refractivity contribution in [3.63, 3.8) is 0 Å². The Kier molecular flexibility index (Phi) is 3.07. The molecule has 0 radical (unpaired) electrons. The van der Waals surface area contributed by atoms with Gasteiger partial charge in [-0.25, -0.2) is 9.05 Å². The van der Waals surface area contributed by atoms with E-state index in [-0.39, 0.29) is 5.41 Å². The molecule has 1 rings (SSSR count). The third-order valence-electron chi connectivity index (χ3n) is 2.01. The Morgan fingerprint density at radius 1 is 1.58 bits per heavy atom. The highest BCUT2D eigenvalue weighted by atomic mass is 32.7. The molecule has 3 nitrogen and oxygen atoms in total. The van der Waals surface area contributed by atoms with Crippen LogP contribution < -0.4 is 5.09 Å². The van der Waals surface area contributed by atoms with Crippen LogP contribution in [0, 0.1) is 5.41 Å². The molecule has 0 saturated carbocycles. The van der Waals surface area contributed by atoms with Crippen molar-refractivity contribution in [1.82, 2.24) is 5.09 Å². The minimum atomic E-state index is -2.12. The van der Waals surface area contributed by atoms with E-state index in [9.17, 15) is 0 Å². The van der Waals surface area contributed by atoms with Crippen LogP contribution in [-0.4, -0.2) is 19.8 Å². The van der Waals surface area contributed by atoms with Gasteiger partial charge in [-0.05, 0) is 5.41 Å². The summed E-state index contributed by atoms with van der Waals surface area (Å²) in [6.07, 6.45) is 0. The fraction of sp³-hybridized carbons (Fsp3) is 1.00. The van der Waals surface area contributed by atoms with Gasteiger partial charge in [0.15, 0.2) is 0 Å². The van der Waals surface area contributed by atoms with Crippen LogP contribution in [0.15, 0.2) is 0 Å². The zero-order valence-corrected chi connectivity index (χ0v) is 9.67. The van der Waals surface area contributed by atoms with E-state index in [1.807, 2.05) is 0 Å². The van der Waals surface area contributed by atoms with Crippen LogP contribution in [0.5, 0.6) is 0 Å². The van der Waals surface area contributed by atoms with Gasteiger partial charge in [0.05, 0.1) is 13.2 Å². The molecule has 2 atom stereocenters. The number of hydrogen-bond donors (Lipinski definition) is 1. The molecular formula is C7H16NO2PS. The van der Waals surface area contributed by atoms with Crippen molar-refractivity contribution >= 4 is 19.3 Å². The van der Waals surface area contributed by atoms with E-state index in [1.165, 1.54) is 0 Å². The van der Waals surface area contributed by atoms with Gasteiger partial charge in [-0.1, -0.05) is 20.8 Å². The summed E-state index contributed by atoms with van der Waals surface area (Å²) in [6, 6.07) is 0.309. The first kappa shape index (κ1) is 10.7. The molecule has 5 heteroatoms. The molecule has 72 valence electrons. The van der Waals surface area contributed by atoms with E-state index >= 15 is 0 Å². The monoisotopic (exact) mass is 209 g/mol. The Morgan fingerprint density at radius 3 is 2.42 bits per heavy atom. The Labute approximate surface area is 79.9 Å². The van der Waals surface area contributed by atoms with Gasteiger partial charge in [0.1, 0.15) is 6.61 Å². The highest BCUT2D eigenvalue weighted by Gasteiger charge is 2.43. The zero-order chi connectivity index (χ0) is 9.41. The second kappa shape index (κ2) is 3.43. The average Bonchev–Trinajstić information content (AvgIpc) is 2.32. The first-order valence-electron chi connectivity index (χ1n) is 3.95. The minimum Gasteiger partial charge on any atom is -0.472 e. The maximum absolute atomic E-state index is 5.42. The van der Waals surface area contributed by atoms with E-state index in [2.05, 4.69) is 25.9 Å². The molecule has 0 aromatic heterocycles. The summed E-state index contributed by atoms with van der Waals surface area (Å²) < 4.78 is 10.5. The molecule has 1 fully saturated rings. The SMILES string of the molecule is CO[P+]1([S-])N[C@H](C(C)(C)C)CO1. The molecule has 0 aromatic rings. The van der Waals surface area contributed by atoms with Crippen molar-refractivity contribution in [2.45, 2.75) is 26.8 Å². The maximum Gasteiger partial charge on any atom is 0.228 e. The van der Waals surface area contributed by atoms with Crippen LogP contribution in [0.1, 0.15) is 20.8 Å². The molecule has 1 aliphatic rings. The van der Waals surface area contributed by atoms with Gasteiger partial charge >= 0.3 is 0 Å². The molecule has 1 heterocycles. The summed E-state index contributed by atoms with van der Waals surface area (Å²) in [5, 5.41) is 3.24. The van der Waals surface area contributed by atoms with Crippen LogP contribution in [0.3, 0.4) is 0 Å². The first-order valence-corrected chi connectivity index (χ1v) is 6.59. The molecule has 1 N–H and O–H groups in total. The second-order valence-electron chi connectivity index (χ2n) is 4.02. The first-order chi connectivity index (χ1) is 5.37. The largest absolute Gasteiger partial charge is 0.472 e. The molecule has 1 saturated heterocycles. The average molecular weight is 209 g/mol. The second-order valence-corrected chi connectivity index (χ2v) is 7.34. The smallest absolute Gasteiger partial charge is 0.228 e. The van der Waals surface area contributed by atoms with Crippen LogP contribution in [-0.2, 0) is 21.3 Å². The summed E-state index contributed by atoms with van der Waals surface area (Å²) in [5.41, 5.74) is 0.180. The number of nitrogens with one attached hydrogen (secondary N) is 1. The lowest BCUT2D eigenvalue weighted by atomic mass is 9.88. The maximum atomic E-state index is 5.42. The Hall–Kier alpha value is 0.660.